The molecular formula is C10H10ClF3N2O4S. The van der Waals surface area contributed by atoms with Crippen LogP contribution < -0.4 is 10.5 Å². The number of hydrogen-bond acceptors (Lipinski definition) is 4. The van der Waals surface area contributed by atoms with E-state index in [2.05, 4.69) is 10.1 Å². The maximum absolute atomic E-state index is 11.8. The lowest BCUT2D eigenvalue weighted by molar-refractivity contribution is -0.174. The number of sulfonamides is 1. The van der Waals surface area contributed by atoms with Gasteiger partial charge in [0.05, 0.1) is 5.02 Å². The number of benzene rings is 1. The topological polar surface area (TPSA) is 98.5 Å². The Morgan fingerprint density at radius 1 is 1.38 bits per heavy atom. The van der Waals surface area contributed by atoms with Crippen LogP contribution >= 0.6 is 11.6 Å². The van der Waals surface area contributed by atoms with Crippen molar-refractivity contribution in [3.63, 3.8) is 0 Å². The molecule has 1 aromatic rings. The number of halogens is 4. The molecule has 0 fully saturated rings. The number of primary sulfonamides is 1. The Morgan fingerprint density at radius 3 is 2.48 bits per heavy atom. The summed E-state index contributed by atoms with van der Waals surface area (Å²) in [5.41, 5.74) is 0.0907. The third-order valence-electron chi connectivity index (χ3n) is 2.02. The third kappa shape index (κ3) is 6.29. The summed E-state index contributed by atoms with van der Waals surface area (Å²) >= 11 is 5.67. The summed E-state index contributed by atoms with van der Waals surface area (Å²) in [6.07, 6.45) is -4.53. The number of alkyl halides is 3. The fourth-order valence-electron chi connectivity index (χ4n) is 1.27. The molecule has 0 aliphatic carbocycles. The average molecular weight is 347 g/mol. The van der Waals surface area contributed by atoms with Gasteiger partial charge in [-0.1, -0.05) is 11.6 Å². The first-order valence-electron chi connectivity index (χ1n) is 5.26. The van der Waals surface area contributed by atoms with E-state index >= 15 is 0 Å². The highest BCUT2D eigenvalue weighted by Crippen LogP contribution is 2.24. The van der Waals surface area contributed by atoms with Crippen molar-refractivity contribution >= 4 is 33.2 Å². The Balaban J connectivity index is 2.64. The number of nitrogens with two attached hydrogens (primary N) is 1. The van der Waals surface area contributed by atoms with Gasteiger partial charge in [0, 0.05) is 5.69 Å². The molecule has 0 unspecified atom stereocenters. The number of rotatable bonds is 5. The molecule has 0 atom stereocenters. The van der Waals surface area contributed by atoms with Crippen molar-refractivity contribution in [2.75, 3.05) is 18.5 Å². The molecule has 0 aliphatic heterocycles. The van der Waals surface area contributed by atoms with Crippen LogP contribution in [-0.2, 0) is 19.6 Å². The van der Waals surface area contributed by atoms with Crippen molar-refractivity contribution in [3.8, 4) is 0 Å². The lowest BCUT2D eigenvalue weighted by Gasteiger charge is -2.09. The highest BCUT2D eigenvalue weighted by Gasteiger charge is 2.27. The van der Waals surface area contributed by atoms with Crippen LogP contribution in [0.15, 0.2) is 23.1 Å². The van der Waals surface area contributed by atoms with Gasteiger partial charge in [0.15, 0.2) is 0 Å². The monoisotopic (exact) mass is 346 g/mol. The van der Waals surface area contributed by atoms with E-state index in [1.54, 1.807) is 0 Å². The summed E-state index contributed by atoms with van der Waals surface area (Å²) in [7, 11) is -4.00. The lowest BCUT2D eigenvalue weighted by atomic mass is 10.3. The molecule has 0 radical (unpaired) electrons. The molecule has 3 N–H and O–H groups in total. The van der Waals surface area contributed by atoms with Gasteiger partial charge < -0.3 is 10.1 Å². The first kappa shape index (κ1) is 17.7. The van der Waals surface area contributed by atoms with Crippen molar-refractivity contribution in [1.29, 1.82) is 0 Å². The van der Waals surface area contributed by atoms with Gasteiger partial charge in [-0.3, -0.25) is 4.79 Å². The van der Waals surface area contributed by atoms with Crippen LogP contribution in [0, 0.1) is 0 Å². The van der Waals surface area contributed by atoms with Crippen LogP contribution in [0.3, 0.4) is 0 Å². The second-order valence-electron chi connectivity index (χ2n) is 3.85. The summed E-state index contributed by atoms with van der Waals surface area (Å²) in [5, 5.41) is 6.86. The summed E-state index contributed by atoms with van der Waals surface area (Å²) in [5.74, 6) is -0.848. The van der Waals surface area contributed by atoms with Gasteiger partial charge in [-0.25, -0.2) is 13.6 Å². The summed E-state index contributed by atoms with van der Waals surface area (Å²) in [4.78, 5) is 11.0. The number of ether oxygens (including phenoxy) is 1. The van der Waals surface area contributed by atoms with Gasteiger partial charge in [0.25, 0.3) is 0 Å². The molecule has 21 heavy (non-hydrogen) atoms. The van der Waals surface area contributed by atoms with E-state index in [1.165, 1.54) is 6.07 Å². The largest absolute Gasteiger partial charge is 0.411 e. The maximum atomic E-state index is 11.8. The van der Waals surface area contributed by atoms with Crippen molar-refractivity contribution in [2.24, 2.45) is 5.14 Å². The molecule has 11 heteroatoms. The molecule has 0 aromatic heterocycles. The van der Waals surface area contributed by atoms with E-state index in [4.69, 9.17) is 16.7 Å². The third-order valence-corrected chi connectivity index (χ3v) is 3.41. The van der Waals surface area contributed by atoms with Crippen LogP contribution in [0.4, 0.5) is 18.9 Å². The fraction of sp³-hybridized carbons (Fsp3) is 0.300. The number of amides is 1. The molecule has 1 amide bonds. The number of hydrogen-bond donors (Lipinski definition) is 2. The molecule has 1 aromatic carbocycles. The maximum Gasteiger partial charge on any atom is 0.411 e. The van der Waals surface area contributed by atoms with Gasteiger partial charge in [-0.05, 0) is 18.2 Å². The lowest BCUT2D eigenvalue weighted by Crippen LogP contribution is -2.24. The Morgan fingerprint density at radius 2 is 2.00 bits per heavy atom. The van der Waals surface area contributed by atoms with Crippen molar-refractivity contribution in [2.45, 2.75) is 11.1 Å². The average Bonchev–Trinajstić information content (AvgIpc) is 2.24. The quantitative estimate of drug-likeness (QED) is 0.844. The first-order valence-corrected chi connectivity index (χ1v) is 7.18. The minimum Gasteiger partial charge on any atom is -0.362 e. The van der Waals surface area contributed by atoms with E-state index < -0.39 is 35.3 Å². The van der Waals surface area contributed by atoms with E-state index in [0.29, 0.717) is 0 Å². The van der Waals surface area contributed by atoms with Crippen LogP contribution in [0.25, 0.3) is 0 Å². The zero-order chi connectivity index (χ0) is 16.3. The van der Waals surface area contributed by atoms with Crippen molar-refractivity contribution < 1.29 is 31.1 Å². The van der Waals surface area contributed by atoms with E-state index in [-0.39, 0.29) is 15.6 Å². The minimum atomic E-state index is -4.53. The van der Waals surface area contributed by atoms with Crippen LogP contribution in [0.1, 0.15) is 0 Å². The SMILES string of the molecule is NS(=O)(=O)c1ccc(NC(=O)COCC(F)(F)F)cc1Cl. The number of anilines is 1. The summed E-state index contributed by atoms with van der Waals surface area (Å²) in [6, 6.07) is 3.35. The Bertz CT molecular complexity index is 634. The number of carbonyl (C=O) groups is 1. The molecule has 0 saturated heterocycles. The summed E-state index contributed by atoms with van der Waals surface area (Å²) in [6.45, 7) is -2.36. The molecule has 0 heterocycles. The van der Waals surface area contributed by atoms with Crippen molar-refractivity contribution in [1.82, 2.24) is 0 Å². The van der Waals surface area contributed by atoms with Gasteiger partial charge in [0.2, 0.25) is 15.9 Å². The Kier molecular flexibility index (Phi) is 5.56. The predicted molar refractivity (Wildman–Crippen MR) is 68.3 cm³/mol. The normalized spacial score (nSPS) is 12.2. The molecule has 0 aliphatic rings. The van der Waals surface area contributed by atoms with Crippen LogP contribution in [0.5, 0.6) is 0 Å². The molecule has 118 valence electrons. The molecule has 0 bridgehead atoms. The second-order valence-corrected chi connectivity index (χ2v) is 5.78. The second kappa shape index (κ2) is 6.60. The van der Waals surface area contributed by atoms with Gasteiger partial charge in [0.1, 0.15) is 18.1 Å². The van der Waals surface area contributed by atoms with Crippen LogP contribution in [-0.4, -0.2) is 33.7 Å². The first-order chi connectivity index (χ1) is 9.49. The standard InChI is InChI=1S/C10H10ClF3N2O4S/c11-7-3-6(1-2-8(7)21(15,18)19)16-9(17)4-20-5-10(12,13)14/h1-3H,4-5H2,(H,16,17)(H2,15,18,19). The molecule has 6 nitrogen and oxygen atoms in total. The van der Waals surface area contributed by atoms with Gasteiger partial charge >= 0.3 is 6.18 Å². The van der Waals surface area contributed by atoms with E-state index in [1.807, 2.05) is 0 Å². The minimum absolute atomic E-state index is 0.0907. The highest BCUT2D eigenvalue weighted by atomic mass is 35.5. The smallest absolute Gasteiger partial charge is 0.362 e. The zero-order valence-corrected chi connectivity index (χ0v) is 11.8. The fourth-order valence-corrected chi connectivity index (χ4v) is 2.36. The van der Waals surface area contributed by atoms with E-state index in [9.17, 15) is 26.4 Å². The van der Waals surface area contributed by atoms with E-state index in [0.717, 1.165) is 12.1 Å². The van der Waals surface area contributed by atoms with Crippen molar-refractivity contribution in [3.05, 3.63) is 23.2 Å². The zero-order valence-electron chi connectivity index (χ0n) is 10.3. The number of carbonyl (C=O) groups excluding carboxylic acids is 1. The summed E-state index contributed by atoms with van der Waals surface area (Å²) < 4.78 is 61.8. The molecule has 0 spiro atoms. The van der Waals surface area contributed by atoms with Gasteiger partial charge in [-0.2, -0.15) is 13.2 Å². The predicted octanol–water partition coefficient (Wildman–Crippen LogP) is 1.50. The van der Waals surface area contributed by atoms with Gasteiger partial charge in [-0.15, -0.1) is 0 Å². The molecule has 0 saturated carbocycles. The number of nitrogens with one attached hydrogen (secondary N) is 1. The highest BCUT2D eigenvalue weighted by molar-refractivity contribution is 7.89. The molecule has 1 rings (SSSR count). The van der Waals surface area contributed by atoms with Crippen LogP contribution in [0.2, 0.25) is 5.02 Å². The Labute approximate surface area is 123 Å². The Hall–Kier alpha value is -1.36. The molecular weight excluding hydrogens is 337 g/mol.